The summed E-state index contributed by atoms with van der Waals surface area (Å²) in [5.74, 6) is 0.646. The van der Waals surface area contributed by atoms with Crippen LogP contribution in [0.5, 0.6) is 0 Å². The van der Waals surface area contributed by atoms with E-state index in [0.717, 1.165) is 28.9 Å². The lowest BCUT2D eigenvalue weighted by atomic mass is 10.1. The average Bonchev–Trinajstić information content (AvgIpc) is 3.40. The molecule has 0 saturated heterocycles. The van der Waals surface area contributed by atoms with Gasteiger partial charge in [0.15, 0.2) is 0 Å². The minimum absolute atomic E-state index is 0.155. The van der Waals surface area contributed by atoms with Gasteiger partial charge in [0.2, 0.25) is 0 Å². The summed E-state index contributed by atoms with van der Waals surface area (Å²) in [4.78, 5) is 16.8. The van der Waals surface area contributed by atoms with Crippen LogP contribution < -0.4 is 5.32 Å². The predicted octanol–water partition coefficient (Wildman–Crippen LogP) is 3.34. The standard InChI is InChI=1S/C22H23N5O2/c1-2-29-14-4-12-24-22(28)20-10-13-25-27(20)21-9-8-19-7-6-18(16-26(19)21)17-5-3-11-23-15-17/h3,5-11,13,15-16H,2,4,12,14H2,1H3,(H,24,28). The van der Waals surface area contributed by atoms with Gasteiger partial charge in [-0.2, -0.15) is 5.10 Å². The molecule has 0 aliphatic carbocycles. The third-order valence-corrected chi connectivity index (χ3v) is 4.67. The fourth-order valence-electron chi connectivity index (χ4n) is 3.23. The molecule has 0 aliphatic rings. The number of aromatic nitrogens is 4. The molecule has 4 rings (SSSR count). The van der Waals surface area contributed by atoms with Crippen molar-refractivity contribution in [3.8, 4) is 16.9 Å². The van der Waals surface area contributed by atoms with Crippen LogP contribution in [0.25, 0.3) is 22.5 Å². The van der Waals surface area contributed by atoms with Crippen LogP contribution in [0.1, 0.15) is 23.8 Å². The number of rotatable bonds is 8. The molecule has 0 bridgehead atoms. The Morgan fingerprint density at radius 3 is 2.83 bits per heavy atom. The highest BCUT2D eigenvalue weighted by atomic mass is 16.5. The fraction of sp³-hybridized carbons (Fsp3) is 0.227. The van der Waals surface area contributed by atoms with E-state index in [0.29, 0.717) is 25.5 Å². The van der Waals surface area contributed by atoms with Crippen molar-refractivity contribution in [1.29, 1.82) is 0 Å². The number of ether oxygens (including phenoxy) is 1. The number of nitrogens with zero attached hydrogens (tertiary/aromatic N) is 4. The second kappa shape index (κ2) is 8.70. The van der Waals surface area contributed by atoms with E-state index >= 15 is 0 Å². The molecule has 0 unspecified atom stereocenters. The minimum atomic E-state index is -0.155. The lowest BCUT2D eigenvalue weighted by Gasteiger charge is -2.10. The highest BCUT2D eigenvalue weighted by Crippen LogP contribution is 2.22. The van der Waals surface area contributed by atoms with Crippen LogP contribution >= 0.6 is 0 Å². The summed E-state index contributed by atoms with van der Waals surface area (Å²) in [6.45, 7) is 3.84. The van der Waals surface area contributed by atoms with Gasteiger partial charge in [-0.05, 0) is 49.2 Å². The zero-order chi connectivity index (χ0) is 20.1. The topological polar surface area (TPSA) is 73.4 Å². The van der Waals surface area contributed by atoms with Crippen LogP contribution in [-0.2, 0) is 4.74 Å². The Labute approximate surface area is 169 Å². The summed E-state index contributed by atoms with van der Waals surface area (Å²) >= 11 is 0. The molecule has 148 valence electrons. The maximum absolute atomic E-state index is 12.6. The normalized spacial score (nSPS) is 11.1. The van der Waals surface area contributed by atoms with Gasteiger partial charge in [-0.1, -0.05) is 12.1 Å². The molecule has 29 heavy (non-hydrogen) atoms. The predicted molar refractivity (Wildman–Crippen MR) is 111 cm³/mol. The summed E-state index contributed by atoms with van der Waals surface area (Å²) in [5.41, 5.74) is 3.58. The Balaban J connectivity index is 1.61. The highest BCUT2D eigenvalue weighted by molar-refractivity contribution is 5.93. The number of pyridine rings is 2. The summed E-state index contributed by atoms with van der Waals surface area (Å²) in [7, 11) is 0. The maximum Gasteiger partial charge on any atom is 0.270 e. The minimum Gasteiger partial charge on any atom is -0.382 e. The van der Waals surface area contributed by atoms with Crippen molar-refractivity contribution in [2.45, 2.75) is 13.3 Å². The maximum atomic E-state index is 12.6. The number of carbonyl (C=O) groups is 1. The summed E-state index contributed by atoms with van der Waals surface area (Å²) in [6, 6.07) is 13.7. The molecule has 4 heterocycles. The molecule has 0 atom stereocenters. The Kier molecular flexibility index (Phi) is 5.67. The summed E-state index contributed by atoms with van der Waals surface area (Å²) in [6.07, 6.45) is 8.04. The van der Waals surface area contributed by atoms with E-state index in [-0.39, 0.29) is 5.91 Å². The second-order valence-electron chi connectivity index (χ2n) is 6.58. The molecule has 7 heteroatoms. The Morgan fingerprint density at radius 2 is 2.00 bits per heavy atom. The van der Waals surface area contributed by atoms with E-state index in [1.807, 2.05) is 54.0 Å². The number of hydrogen-bond donors (Lipinski definition) is 1. The van der Waals surface area contributed by atoms with Crippen molar-refractivity contribution in [2.75, 3.05) is 19.8 Å². The first-order valence-electron chi connectivity index (χ1n) is 9.70. The van der Waals surface area contributed by atoms with Crippen LogP contribution in [0.3, 0.4) is 0 Å². The molecule has 0 spiro atoms. The third-order valence-electron chi connectivity index (χ3n) is 4.67. The molecule has 0 fully saturated rings. The Bertz CT molecular complexity index is 1100. The number of fused-ring (bicyclic) bond motifs is 1. The molecule has 0 radical (unpaired) electrons. The number of nitrogens with one attached hydrogen (secondary N) is 1. The number of carbonyl (C=O) groups excluding carboxylic acids is 1. The highest BCUT2D eigenvalue weighted by Gasteiger charge is 2.15. The van der Waals surface area contributed by atoms with Gasteiger partial charge in [0.25, 0.3) is 5.91 Å². The molecule has 4 aromatic heterocycles. The Morgan fingerprint density at radius 1 is 1.10 bits per heavy atom. The Hall–Kier alpha value is -3.45. The van der Waals surface area contributed by atoms with E-state index in [9.17, 15) is 4.79 Å². The van der Waals surface area contributed by atoms with Gasteiger partial charge in [0, 0.05) is 49.4 Å². The molecule has 0 saturated carbocycles. The zero-order valence-corrected chi connectivity index (χ0v) is 16.3. The molecule has 1 N–H and O–H groups in total. The van der Waals surface area contributed by atoms with E-state index in [1.165, 1.54) is 0 Å². The van der Waals surface area contributed by atoms with E-state index in [1.54, 1.807) is 23.1 Å². The van der Waals surface area contributed by atoms with Crippen LogP contribution in [0.4, 0.5) is 0 Å². The largest absolute Gasteiger partial charge is 0.382 e. The van der Waals surface area contributed by atoms with Crippen molar-refractivity contribution in [3.63, 3.8) is 0 Å². The first-order chi connectivity index (χ1) is 14.3. The SMILES string of the molecule is CCOCCCNC(=O)c1ccnn1-c1ccc2ccc(-c3cccnc3)cn12. The van der Waals surface area contributed by atoms with E-state index in [4.69, 9.17) is 4.74 Å². The fourth-order valence-corrected chi connectivity index (χ4v) is 3.23. The molecule has 0 aliphatic heterocycles. The molecule has 1 amide bonds. The van der Waals surface area contributed by atoms with Crippen molar-refractivity contribution in [2.24, 2.45) is 0 Å². The third kappa shape index (κ3) is 4.05. The van der Waals surface area contributed by atoms with Gasteiger partial charge in [-0.25, -0.2) is 4.68 Å². The molecule has 7 nitrogen and oxygen atoms in total. The quantitative estimate of drug-likeness (QED) is 0.469. The molecular weight excluding hydrogens is 366 g/mol. The summed E-state index contributed by atoms with van der Waals surface area (Å²) < 4.78 is 9.00. The van der Waals surface area contributed by atoms with Crippen molar-refractivity contribution in [1.82, 2.24) is 24.5 Å². The molecular formula is C22H23N5O2. The van der Waals surface area contributed by atoms with Crippen LogP contribution in [-0.4, -0.2) is 44.8 Å². The molecule has 4 aromatic rings. The number of amides is 1. The van der Waals surface area contributed by atoms with Crippen molar-refractivity contribution < 1.29 is 9.53 Å². The average molecular weight is 389 g/mol. The number of hydrogen-bond acceptors (Lipinski definition) is 4. The van der Waals surface area contributed by atoms with Gasteiger partial charge in [0.05, 0.1) is 6.20 Å². The van der Waals surface area contributed by atoms with Crippen molar-refractivity contribution >= 4 is 11.4 Å². The lowest BCUT2D eigenvalue weighted by Crippen LogP contribution is -2.27. The van der Waals surface area contributed by atoms with Gasteiger partial charge in [-0.15, -0.1) is 0 Å². The van der Waals surface area contributed by atoms with Gasteiger partial charge in [0.1, 0.15) is 11.5 Å². The zero-order valence-electron chi connectivity index (χ0n) is 16.3. The van der Waals surface area contributed by atoms with Crippen LogP contribution in [0.2, 0.25) is 0 Å². The van der Waals surface area contributed by atoms with Gasteiger partial charge in [-0.3, -0.25) is 9.78 Å². The van der Waals surface area contributed by atoms with E-state index in [2.05, 4.69) is 21.5 Å². The second-order valence-corrected chi connectivity index (χ2v) is 6.58. The van der Waals surface area contributed by atoms with Crippen LogP contribution in [0, 0.1) is 0 Å². The molecule has 0 aromatic carbocycles. The van der Waals surface area contributed by atoms with E-state index < -0.39 is 0 Å². The van der Waals surface area contributed by atoms with Crippen molar-refractivity contribution in [3.05, 3.63) is 72.9 Å². The first-order valence-corrected chi connectivity index (χ1v) is 9.70. The smallest absolute Gasteiger partial charge is 0.270 e. The van der Waals surface area contributed by atoms with Gasteiger partial charge >= 0.3 is 0 Å². The monoisotopic (exact) mass is 389 g/mol. The first kappa shape index (κ1) is 18.9. The lowest BCUT2D eigenvalue weighted by molar-refractivity contribution is 0.0936. The van der Waals surface area contributed by atoms with Crippen LogP contribution in [0.15, 0.2) is 67.3 Å². The van der Waals surface area contributed by atoms with Gasteiger partial charge < -0.3 is 14.5 Å². The summed E-state index contributed by atoms with van der Waals surface area (Å²) in [5, 5.41) is 7.32.